The van der Waals surface area contributed by atoms with Gasteiger partial charge in [0.05, 0.1) is 0 Å². The van der Waals surface area contributed by atoms with Crippen molar-refractivity contribution in [1.82, 2.24) is 0 Å². The largest absolute Gasteiger partial charge is 0.508 e. The molecule has 5 N–H and O–H groups in total. The fourth-order valence-corrected chi connectivity index (χ4v) is 2.16. The molecule has 0 aromatic heterocycles. The van der Waals surface area contributed by atoms with E-state index >= 15 is 0 Å². The van der Waals surface area contributed by atoms with Crippen molar-refractivity contribution in [1.29, 1.82) is 0 Å². The second-order valence-corrected chi connectivity index (χ2v) is 5.44. The smallest absolute Gasteiger partial charge is 0.323 e. The minimum Gasteiger partial charge on any atom is -0.508 e. The summed E-state index contributed by atoms with van der Waals surface area (Å²) in [4.78, 5) is 11.0. The first-order valence-electron chi connectivity index (χ1n) is 6.19. The third kappa shape index (κ3) is 3.61. The van der Waals surface area contributed by atoms with Crippen molar-refractivity contribution < 1.29 is 20.1 Å². The van der Waals surface area contributed by atoms with Crippen LogP contribution in [0.5, 0.6) is 11.5 Å². The number of rotatable bonds is 5. The Hall–Kier alpha value is -1.75. The van der Waals surface area contributed by atoms with Gasteiger partial charge in [0.1, 0.15) is 17.0 Å². The number of hydrogen-bond acceptors (Lipinski definition) is 4. The van der Waals surface area contributed by atoms with Crippen molar-refractivity contribution in [3.8, 4) is 11.5 Å². The fourth-order valence-electron chi connectivity index (χ4n) is 2.16. The van der Waals surface area contributed by atoms with E-state index < -0.39 is 11.5 Å². The van der Waals surface area contributed by atoms with Crippen LogP contribution in [0.2, 0.25) is 0 Å². The van der Waals surface area contributed by atoms with Gasteiger partial charge in [0, 0.05) is 6.07 Å². The molecule has 5 nitrogen and oxygen atoms in total. The average molecular weight is 267 g/mol. The number of phenolic OH excluding ortho intramolecular Hbond substituents is 2. The summed E-state index contributed by atoms with van der Waals surface area (Å²) in [5, 5.41) is 28.1. The minimum absolute atomic E-state index is 0.00435. The Morgan fingerprint density at radius 3 is 2.42 bits per heavy atom. The molecule has 0 bridgehead atoms. The SMILES string of the molecule is CC(CC(C)(N)C(=O)O)C(C)c1ccc(O)cc1O. The summed E-state index contributed by atoms with van der Waals surface area (Å²) < 4.78 is 0. The first kappa shape index (κ1) is 15.3. The summed E-state index contributed by atoms with van der Waals surface area (Å²) >= 11 is 0. The molecule has 5 heteroatoms. The number of carbonyl (C=O) groups is 1. The van der Waals surface area contributed by atoms with E-state index in [1.807, 2.05) is 13.8 Å². The van der Waals surface area contributed by atoms with Gasteiger partial charge in [0.2, 0.25) is 0 Å². The van der Waals surface area contributed by atoms with Crippen molar-refractivity contribution in [2.45, 2.75) is 38.6 Å². The van der Waals surface area contributed by atoms with Gasteiger partial charge in [-0.2, -0.15) is 0 Å². The third-order valence-corrected chi connectivity index (χ3v) is 3.59. The molecular weight excluding hydrogens is 246 g/mol. The van der Waals surface area contributed by atoms with Gasteiger partial charge in [0.25, 0.3) is 0 Å². The zero-order valence-electron chi connectivity index (χ0n) is 11.4. The molecule has 0 aliphatic rings. The summed E-state index contributed by atoms with van der Waals surface area (Å²) in [5.41, 5.74) is 5.12. The van der Waals surface area contributed by atoms with Gasteiger partial charge in [-0.05, 0) is 36.8 Å². The molecule has 1 aromatic rings. The van der Waals surface area contributed by atoms with Crippen LogP contribution in [0.1, 0.15) is 38.7 Å². The zero-order valence-corrected chi connectivity index (χ0v) is 11.4. The highest BCUT2D eigenvalue weighted by Crippen LogP contribution is 2.36. The van der Waals surface area contributed by atoms with Crippen LogP contribution in [0, 0.1) is 5.92 Å². The number of aliphatic carboxylic acids is 1. The molecule has 0 heterocycles. The molecule has 0 fully saturated rings. The monoisotopic (exact) mass is 267 g/mol. The molecule has 106 valence electrons. The van der Waals surface area contributed by atoms with E-state index in [0.29, 0.717) is 12.0 Å². The quantitative estimate of drug-likeness (QED) is 0.653. The Balaban J connectivity index is 2.88. The van der Waals surface area contributed by atoms with E-state index in [1.165, 1.54) is 19.1 Å². The van der Waals surface area contributed by atoms with Crippen molar-refractivity contribution in [3.63, 3.8) is 0 Å². The lowest BCUT2D eigenvalue weighted by Crippen LogP contribution is -2.46. The van der Waals surface area contributed by atoms with E-state index in [9.17, 15) is 15.0 Å². The number of carboxylic acids is 1. The van der Waals surface area contributed by atoms with Gasteiger partial charge < -0.3 is 21.1 Å². The van der Waals surface area contributed by atoms with Crippen molar-refractivity contribution in [2.24, 2.45) is 11.7 Å². The van der Waals surface area contributed by atoms with Crippen LogP contribution in [-0.2, 0) is 4.79 Å². The number of hydrogen-bond donors (Lipinski definition) is 4. The Bertz CT molecular complexity index is 471. The molecule has 0 saturated carbocycles. The highest BCUT2D eigenvalue weighted by molar-refractivity contribution is 5.77. The molecule has 0 aliphatic heterocycles. The van der Waals surface area contributed by atoms with Crippen molar-refractivity contribution >= 4 is 5.97 Å². The van der Waals surface area contributed by atoms with Crippen LogP contribution in [0.15, 0.2) is 18.2 Å². The maximum Gasteiger partial charge on any atom is 0.323 e. The third-order valence-electron chi connectivity index (χ3n) is 3.59. The number of aromatic hydroxyl groups is 2. The molecule has 1 aromatic carbocycles. The average Bonchev–Trinajstić information content (AvgIpc) is 2.27. The minimum atomic E-state index is -1.29. The highest BCUT2D eigenvalue weighted by atomic mass is 16.4. The topological polar surface area (TPSA) is 104 Å². The summed E-state index contributed by atoms with van der Waals surface area (Å²) in [6, 6.07) is 4.41. The molecule has 0 saturated heterocycles. The molecule has 0 radical (unpaired) electrons. The van der Waals surface area contributed by atoms with Crippen LogP contribution in [0.3, 0.4) is 0 Å². The van der Waals surface area contributed by atoms with Gasteiger partial charge in [0.15, 0.2) is 0 Å². The first-order chi connectivity index (χ1) is 8.65. The summed E-state index contributed by atoms with van der Waals surface area (Å²) in [6.45, 7) is 5.27. The van der Waals surface area contributed by atoms with Gasteiger partial charge in [-0.25, -0.2) is 0 Å². The zero-order chi connectivity index (χ0) is 14.8. The van der Waals surface area contributed by atoms with E-state index in [-0.39, 0.29) is 23.3 Å². The predicted octanol–water partition coefficient (Wildman–Crippen LogP) is 2.03. The predicted molar refractivity (Wildman–Crippen MR) is 72.2 cm³/mol. The van der Waals surface area contributed by atoms with Crippen LogP contribution < -0.4 is 5.73 Å². The van der Waals surface area contributed by atoms with Gasteiger partial charge in [-0.1, -0.05) is 19.9 Å². The standard InChI is InChI=1S/C14H21NO4/c1-8(7-14(3,15)13(18)19)9(2)11-5-4-10(16)6-12(11)17/h4-6,8-9,16-17H,7,15H2,1-3H3,(H,18,19). The molecule has 19 heavy (non-hydrogen) atoms. The molecule has 0 aliphatic carbocycles. The molecule has 3 unspecified atom stereocenters. The molecular formula is C14H21NO4. The molecule has 0 amide bonds. The second kappa shape index (κ2) is 5.48. The van der Waals surface area contributed by atoms with Crippen molar-refractivity contribution in [2.75, 3.05) is 0 Å². The lowest BCUT2D eigenvalue weighted by molar-refractivity contribution is -0.143. The Morgan fingerprint density at radius 1 is 1.37 bits per heavy atom. The lowest BCUT2D eigenvalue weighted by atomic mass is 9.80. The Kier molecular flexibility index (Phi) is 4.42. The summed E-state index contributed by atoms with van der Waals surface area (Å²) in [5.74, 6) is -1.13. The summed E-state index contributed by atoms with van der Waals surface area (Å²) in [6.07, 6.45) is 0.295. The van der Waals surface area contributed by atoms with Gasteiger partial charge in [-0.15, -0.1) is 0 Å². The number of carboxylic acid groups (broad SMARTS) is 1. The lowest BCUT2D eigenvalue weighted by Gasteiger charge is -2.28. The number of benzene rings is 1. The Morgan fingerprint density at radius 2 is 1.95 bits per heavy atom. The van der Waals surface area contributed by atoms with E-state index in [1.54, 1.807) is 6.07 Å². The fraction of sp³-hybridized carbons (Fsp3) is 0.500. The normalized spacial score (nSPS) is 17.5. The molecule has 3 atom stereocenters. The molecule has 0 spiro atoms. The van der Waals surface area contributed by atoms with E-state index in [2.05, 4.69) is 0 Å². The number of nitrogens with two attached hydrogens (primary N) is 1. The molecule has 1 rings (SSSR count). The van der Waals surface area contributed by atoms with Gasteiger partial charge in [-0.3, -0.25) is 4.79 Å². The Labute approximate surface area is 112 Å². The van der Waals surface area contributed by atoms with Crippen molar-refractivity contribution in [3.05, 3.63) is 23.8 Å². The number of phenols is 2. The maximum absolute atomic E-state index is 11.0. The summed E-state index contributed by atoms with van der Waals surface area (Å²) in [7, 11) is 0. The van der Waals surface area contributed by atoms with Crippen LogP contribution in [0.25, 0.3) is 0 Å². The van der Waals surface area contributed by atoms with Gasteiger partial charge >= 0.3 is 5.97 Å². The van der Waals surface area contributed by atoms with Crippen LogP contribution in [-0.4, -0.2) is 26.8 Å². The van der Waals surface area contributed by atoms with Crippen LogP contribution >= 0.6 is 0 Å². The maximum atomic E-state index is 11.0. The first-order valence-corrected chi connectivity index (χ1v) is 6.19. The van der Waals surface area contributed by atoms with E-state index in [4.69, 9.17) is 10.8 Å². The van der Waals surface area contributed by atoms with Crippen LogP contribution in [0.4, 0.5) is 0 Å². The highest BCUT2D eigenvalue weighted by Gasteiger charge is 2.32. The second-order valence-electron chi connectivity index (χ2n) is 5.44. The van der Waals surface area contributed by atoms with E-state index in [0.717, 1.165) is 0 Å².